The van der Waals surface area contributed by atoms with Crippen LogP contribution in [0.25, 0.3) is 0 Å². The zero-order valence-electron chi connectivity index (χ0n) is 15.5. The molecule has 3 rings (SSSR count). The third kappa shape index (κ3) is 4.15. The summed E-state index contributed by atoms with van der Waals surface area (Å²) in [7, 11) is -3.76. The quantitative estimate of drug-likeness (QED) is 0.645. The maximum absolute atomic E-state index is 13.9. The number of carbonyl (C=O) groups excluding carboxylic acids is 1. The molecule has 0 aliphatic carbocycles. The van der Waals surface area contributed by atoms with E-state index in [4.69, 9.17) is 0 Å². The highest BCUT2D eigenvalue weighted by molar-refractivity contribution is 7.92. The molecule has 0 saturated heterocycles. The third-order valence-corrected chi connectivity index (χ3v) is 7.81. The number of nitrogens with one attached hydrogen (secondary N) is 1. The van der Waals surface area contributed by atoms with E-state index >= 15 is 0 Å². The first-order chi connectivity index (χ1) is 13.3. The van der Waals surface area contributed by atoms with Crippen LogP contribution < -0.4 is 5.32 Å². The molecule has 3 aromatic rings. The number of halogens is 1. The maximum atomic E-state index is 13.9. The number of carbonyl (C=O) groups is 1. The number of hydrogen-bond acceptors (Lipinski definition) is 4. The molecule has 7 heteroatoms. The van der Waals surface area contributed by atoms with Crippen molar-refractivity contribution in [1.82, 2.24) is 5.32 Å². The standard InChI is InChI=1S/C21H20FNO3S2/c1-14-9-10-15(2)19(12-14)28(25,26)20(18-8-5-11-27-18)13-23-21(24)16-6-3-4-7-17(16)22/h3-12,20H,13H2,1-2H3,(H,23,24)/t20-/m0/s1. The van der Waals surface area contributed by atoms with E-state index in [1.807, 2.05) is 13.0 Å². The van der Waals surface area contributed by atoms with Crippen molar-refractivity contribution in [2.45, 2.75) is 24.0 Å². The largest absolute Gasteiger partial charge is 0.350 e. The summed E-state index contributed by atoms with van der Waals surface area (Å²) in [6, 6.07) is 14.4. The topological polar surface area (TPSA) is 63.2 Å². The van der Waals surface area contributed by atoms with Crippen molar-refractivity contribution in [2.24, 2.45) is 0 Å². The van der Waals surface area contributed by atoms with E-state index in [2.05, 4.69) is 5.32 Å². The summed E-state index contributed by atoms with van der Waals surface area (Å²) in [5.41, 5.74) is 1.37. The van der Waals surface area contributed by atoms with Crippen LogP contribution >= 0.6 is 11.3 Å². The highest BCUT2D eigenvalue weighted by Gasteiger charge is 2.32. The molecule has 0 bridgehead atoms. The van der Waals surface area contributed by atoms with Crippen LogP contribution in [-0.4, -0.2) is 20.9 Å². The molecule has 0 spiro atoms. The first-order valence-electron chi connectivity index (χ1n) is 8.68. The summed E-state index contributed by atoms with van der Waals surface area (Å²) < 4.78 is 40.7. The van der Waals surface area contributed by atoms with Gasteiger partial charge in [0.2, 0.25) is 0 Å². The maximum Gasteiger partial charge on any atom is 0.254 e. The Morgan fingerprint density at radius 2 is 1.86 bits per heavy atom. The van der Waals surface area contributed by atoms with Gasteiger partial charge in [-0.05, 0) is 54.6 Å². The molecule has 0 saturated carbocycles. The van der Waals surface area contributed by atoms with E-state index in [-0.39, 0.29) is 17.0 Å². The zero-order valence-corrected chi connectivity index (χ0v) is 17.1. The number of thiophene rings is 1. The van der Waals surface area contributed by atoms with E-state index in [1.54, 1.807) is 42.6 Å². The number of rotatable bonds is 6. The lowest BCUT2D eigenvalue weighted by Gasteiger charge is -2.19. The van der Waals surface area contributed by atoms with Gasteiger partial charge < -0.3 is 5.32 Å². The van der Waals surface area contributed by atoms with Crippen molar-refractivity contribution in [3.05, 3.63) is 87.4 Å². The molecular weight excluding hydrogens is 397 g/mol. The van der Waals surface area contributed by atoms with Gasteiger partial charge in [0.25, 0.3) is 5.91 Å². The van der Waals surface area contributed by atoms with Crippen molar-refractivity contribution in [2.75, 3.05) is 6.54 Å². The van der Waals surface area contributed by atoms with Crippen molar-refractivity contribution in [3.63, 3.8) is 0 Å². The highest BCUT2D eigenvalue weighted by atomic mass is 32.2. The molecule has 0 radical (unpaired) electrons. The van der Waals surface area contributed by atoms with E-state index in [0.717, 1.165) is 5.56 Å². The molecular formula is C21H20FNO3S2. The van der Waals surface area contributed by atoms with Gasteiger partial charge in [-0.1, -0.05) is 30.3 Å². The molecule has 0 aliphatic rings. The lowest BCUT2D eigenvalue weighted by Crippen LogP contribution is -2.32. The Balaban J connectivity index is 1.93. The normalized spacial score (nSPS) is 12.5. The zero-order chi connectivity index (χ0) is 20.3. The second-order valence-electron chi connectivity index (χ2n) is 6.51. The van der Waals surface area contributed by atoms with Crippen LogP contribution in [0.5, 0.6) is 0 Å². The Bertz CT molecular complexity index is 1090. The first kappa shape index (κ1) is 20.2. The Kier molecular flexibility index (Phi) is 5.96. The smallest absolute Gasteiger partial charge is 0.254 e. The van der Waals surface area contributed by atoms with E-state index in [9.17, 15) is 17.6 Å². The van der Waals surface area contributed by atoms with Crippen LogP contribution in [0.1, 0.15) is 31.6 Å². The number of aryl methyl sites for hydroxylation is 2. The predicted octanol–water partition coefficient (Wildman–Crippen LogP) is 4.45. The SMILES string of the molecule is Cc1ccc(C)c(S(=O)(=O)[C@@H](CNC(=O)c2ccccc2F)c2cccs2)c1. The van der Waals surface area contributed by atoms with Crippen molar-refractivity contribution >= 4 is 27.1 Å². The van der Waals surface area contributed by atoms with Gasteiger partial charge in [0.15, 0.2) is 9.84 Å². The van der Waals surface area contributed by atoms with Gasteiger partial charge in [0.05, 0.1) is 10.5 Å². The lowest BCUT2D eigenvalue weighted by molar-refractivity contribution is 0.0949. The number of amides is 1. The second kappa shape index (κ2) is 8.24. The van der Waals surface area contributed by atoms with Crippen LogP contribution in [0, 0.1) is 19.7 Å². The summed E-state index contributed by atoms with van der Waals surface area (Å²) >= 11 is 1.31. The fourth-order valence-electron chi connectivity index (χ4n) is 2.93. The molecule has 146 valence electrons. The lowest BCUT2D eigenvalue weighted by atomic mass is 10.2. The summed E-state index contributed by atoms with van der Waals surface area (Å²) in [5, 5.41) is 3.42. The predicted molar refractivity (Wildman–Crippen MR) is 109 cm³/mol. The minimum Gasteiger partial charge on any atom is -0.350 e. The monoisotopic (exact) mass is 417 g/mol. The van der Waals surface area contributed by atoms with Gasteiger partial charge in [-0.2, -0.15) is 0 Å². The van der Waals surface area contributed by atoms with Gasteiger partial charge in [-0.25, -0.2) is 12.8 Å². The van der Waals surface area contributed by atoms with Gasteiger partial charge in [-0.15, -0.1) is 11.3 Å². The van der Waals surface area contributed by atoms with Crippen LogP contribution in [0.15, 0.2) is 64.9 Å². The van der Waals surface area contributed by atoms with E-state index in [0.29, 0.717) is 10.4 Å². The molecule has 2 aromatic carbocycles. The highest BCUT2D eigenvalue weighted by Crippen LogP contribution is 2.33. The number of sulfone groups is 1. The van der Waals surface area contributed by atoms with Gasteiger partial charge in [0, 0.05) is 11.4 Å². The average molecular weight is 418 g/mol. The van der Waals surface area contributed by atoms with Crippen molar-refractivity contribution < 1.29 is 17.6 Å². The minimum absolute atomic E-state index is 0.114. The summed E-state index contributed by atoms with van der Waals surface area (Å²) in [6.07, 6.45) is 0. The molecule has 0 unspecified atom stereocenters. The number of benzene rings is 2. The minimum atomic E-state index is -3.76. The summed E-state index contributed by atoms with van der Waals surface area (Å²) in [5.74, 6) is -1.29. The Hall–Kier alpha value is -2.51. The van der Waals surface area contributed by atoms with Gasteiger partial charge in [0.1, 0.15) is 11.1 Å². The Labute approximate surface area is 168 Å². The molecule has 0 aliphatic heterocycles. The Morgan fingerprint density at radius 3 is 2.54 bits per heavy atom. The third-order valence-electron chi connectivity index (χ3n) is 4.45. The molecule has 1 atom stereocenters. The molecule has 28 heavy (non-hydrogen) atoms. The molecule has 1 amide bonds. The molecule has 0 fully saturated rings. The first-order valence-corrected chi connectivity index (χ1v) is 11.1. The molecule has 1 heterocycles. The average Bonchev–Trinajstić information content (AvgIpc) is 3.18. The van der Waals surface area contributed by atoms with E-state index in [1.165, 1.54) is 29.5 Å². The fraction of sp³-hybridized carbons (Fsp3) is 0.190. The summed E-state index contributed by atoms with van der Waals surface area (Å²) in [6.45, 7) is 3.43. The second-order valence-corrected chi connectivity index (χ2v) is 9.59. The number of hydrogen-bond donors (Lipinski definition) is 1. The fourth-order valence-corrected chi connectivity index (χ4v) is 6.04. The van der Waals surface area contributed by atoms with Crippen LogP contribution in [-0.2, 0) is 9.84 Å². The van der Waals surface area contributed by atoms with E-state index < -0.39 is 26.8 Å². The van der Waals surface area contributed by atoms with Crippen LogP contribution in [0.3, 0.4) is 0 Å². The molecule has 4 nitrogen and oxygen atoms in total. The molecule has 1 N–H and O–H groups in total. The van der Waals surface area contributed by atoms with Gasteiger partial charge in [-0.3, -0.25) is 4.79 Å². The molecule has 1 aromatic heterocycles. The van der Waals surface area contributed by atoms with Gasteiger partial charge >= 0.3 is 0 Å². The Morgan fingerprint density at radius 1 is 1.11 bits per heavy atom. The van der Waals surface area contributed by atoms with Crippen LogP contribution in [0.2, 0.25) is 0 Å². The van der Waals surface area contributed by atoms with Crippen LogP contribution in [0.4, 0.5) is 4.39 Å². The van der Waals surface area contributed by atoms with Crippen molar-refractivity contribution in [1.29, 1.82) is 0 Å². The summed E-state index contributed by atoms with van der Waals surface area (Å²) in [4.78, 5) is 13.2. The van der Waals surface area contributed by atoms with Crippen molar-refractivity contribution in [3.8, 4) is 0 Å².